The minimum atomic E-state index is -4.60. The summed E-state index contributed by atoms with van der Waals surface area (Å²) in [7, 11) is 0. The van der Waals surface area contributed by atoms with Crippen molar-refractivity contribution in [3.05, 3.63) is 88.8 Å². The molecule has 150 valence electrons. The van der Waals surface area contributed by atoms with Crippen LogP contribution in [-0.2, 0) is 6.18 Å². The maximum Gasteiger partial charge on any atom is 0.416 e. The van der Waals surface area contributed by atoms with Gasteiger partial charge in [0, 0.05) is 5.56 Å². The van der Waals surface area contributed by atoms with Gasteiger partial charge in [-0.25, -0.2) is 0 Å². The summed E-state index contributed by atoms with van der Waals surface area (Å²) < 4.78 is 44.1. The van der Waals surface area contributed by atoms with Crippen molar-refractivity contribution >= 4 is 29.0 Å². The summed E-state index contributed by atoms with van der Waals surface area (Å²) in [5, 5.41) is 4.97. The minimum Gasteiger partial charge on any atom is -0.459 e. The Morgan fingerprint density at radius 3 is 2.34 bits per heavy atom. The number of ketones is 1. The Morgan fingerprint density at radius 2 is 1.72 bits per heavy atom. The summed E-state index contributed by atoms with van der Waals surface area (Å²) >= 11 is 6.00. The zero-order valence-corrected chi connectivity index (χ0v) is 15.4. The molecule has 0 aliphatic carbocycles. The molecule has 0 saturated carbocycles. The molecule has 0 aliphatic rings. The van der Waals surface area contributed by atoms with Crippen LogP contribution in [0.4, 0.5) is 18.9 Å². The smallest absolute Gasteiger partial charge is 0.416 e. The molecule has 3 aromatic rings. The van der Waals surface area contributed by atoms with E-state index in [-0.39, 0.29) is 22.0 Å². The van der Waals surface area contributed by atoms with Gasteiger partial charge >= 0.3 is 6.18 Å². The lowest BCUT2D eigenvalue weighted by molar-refractivity contribution is -0.137. The Bertz CT molecular complexity index is 1010. The van der Waals surface area contributed by atoms with Gasteiger partial charge < -0.3 is 15.1 Å². The number of carbonyl (C=O) groups is 2. The number of carbonyl (C=O) groups excluding carboxylic acids is 2. The predicted molar refractivity (Wildman–Crippen MR) is 101 cm³/mol. The Kier molecular flexibility index (Phi) is 5.93. The summed E-state index contributed by atoms with van der Waals surface area (Å²) in [4.78, 5) is 25.2. The summed E-state index contributed by atoms with van der Waals surface area (Å²) in [6, 6.07) is 13.5. The topological polar surface area (TPSA) is 71.3 Å². The van der Waals surface area contributed by atoms with Crippen LogP contribution in [0.3, 0.4) is 0 Å². The third-order valence-corrected chi connectivity index (χ3v) is 4.26. The second-order valence-corrected chi connectivity index (χ2v) is 6.36. The van der Waals surface area contributed by atoms with E-state index in [1.165, 1.54) is 30.5 Å². The van der Waals surface area contributed by atoms with Crippen LogP contribution in [-0.4, -0.2) is 17.9 Å². The van der Waals surface area contributed by atoms with E-state index in [1.807, 2.05) is 0 Å². The van der Waals surface area contributed by atoms with Crippen LogP contribution >= 0.6 is 11.6 Å². The number of rotatable bonds is 6. The van der Waals surface area contributed by atoms with Gasteiger partial charge in [0.05, 0.1) is 22.5 Å². The number of amides is 1. The Balaban J connectivity index is 1.93. The molecule has 2 N–H and O–H groups in total. The van der Waals surface area contributed by atoms with Crippen molar-refractivity contribution < 1.29 is 27.2 Å². The van der Waals surface area contributed by atoms with Gasteiger partial charge in [-0.3, -0.25) is 9.59 Å². The first-order valence-corrected chi connectivity index (χ1v) is 8.70. The normalized spacial score (nSPS) is 12.3. The van der Waals surface area contributed by atoms with Gasteiger partial charge in [-0.05, 0) is 30.3 Å². The van der Waals surface area contributed by atoms with Gasteiger partial charge in [-0.15, -0.1) is 0 Å². The molecular formula is C20H14ClF3N2O3. The maximum absolute atomic E-state index is 13.0. The molecule has 29 heavy (non-hydrogen) atoms. The van der Waals surface area contributed by atoms with E-state index in [0.717, 1.165) is 18.2 Å². The molecule has 1 heterocycles. The summed E-state index contributed by atoms with van der Waals surface area (Å²) in [6.07, 6.45) is -4.71. The Morgan fingerprint density at radius 1 is 1.00 bits per heavy atom. The molecule has 0 saturated heterocycles. The van der Waals surface area contributed by atoms with Crippen molar-refractivity contribution in [2.24, 2.45) is 0 Å². The lowest BCUT2D eigenvalue weighted by atomic mass is 10.1. The number of anilines is 1. The first-order valence-electron chi connectivity index (χ1n) is 8.32. The van der Waals surface area contributed by atoms with Gasteiger partial charge in [0.15, 0.2) is 11.9 Å². The number of benzene rings is 2. The number of alkyl halides is 3. The van der Waals surface area contributed by atoms with E-state index >= 15 is 0 Å². The van der Waals surface area contributed by atoms with Crippen molar-refractivity contribution in [3.8, 4) is 0 Å². The summed E-state index contributed by atoms with van der Waals surface area (Å²) in [5.74, 6) is -1.35. The van der Waals surface area contributed by atoms with Gasteiger partial charge in [-0.2, -0.15) is 13.2 Å². The molecule has 0 spiro atoms. The fraction of sp³-hybridized carbons (Fsp3) is 0.100. The van der Waals surface area contributed by atoms with E-state index in [9.17, 15) is 22.8 Å². The quantitative estimate of drug-likeness (QED) is 0.433. The molecule has 0 aliphatic heterocycles. The number of hydrogen-bond donors (Lipinski definition) is 2. The number of Topliss-reactive ketones (excluding diaryl/α,β-unsaturated/α-hetero) is 1. The van der Waals surface area contributed by atoms with Gasteiger partial charge in [0.25, 0.3) is 5.91 Å². The van der Waals surface area contributed by atoms with Crippen molar-refractivity contribution in [3.63, 3.8) is 0 Å². The zero-order chi connectivity index (χ0) is 21.0. The lowest BCUT2D eigenvalue weighted by Crippen LogP contribution is -2.46. The van der Waals surface area contributed by atoms with E-state index in [4.69, 9.17) is 16.0 Å². The molecule has 0 unspecified atom stereocenters. The average molecular weight is 423 g/mol. The summed E-state index contributed by atoms with van der Waals surface area (Å²) in [6.45, 7) is 0. The number of furan rings is 1. The van der Waals surface area contributed by atoms with E-state index in [0.29, 0.717) is 0 Å². The summed E-state index contributed by atoms with van der Waals surface area (Å²) in [5.41, 5.74) is -0.865. The zero-order valence-electron chi connectivity index (χ0n) is 14.7. The maximum atomic E-state index is 13.0. The van der Waals surface area contributed by atoms with Crippen LogP contribution in [0.5, 0.6) is 0 Å². The van der Waals surface area contributed by atoms with Crippen molar-refractivity contribution in [2.75, 3.05) is 5.32 Å². The number of hydrogen-bond acceptors (Lipinski definition) is 4. The average Bonchev–Trinajstić information content (AvgIpc) is 3.23. The van der Waals surface area contributed by atoms with Gasteiger partial charge in [0.2, 0.25) is 5.78 Å². The molecule has 0 fully saturated rings. The van der Waals surface area contributed by atoms with Crippen LogP contribution in [0, 0.1) is 0 Å². The van der Waals surface area contributed by atoms with Crippen molar-refractivity contribution in [2.45, 2.75) is 12.3 Å². The molecule has 5 nitrogen and oxygen atoms in total. The molecule has 1 amide bonds. The molecule has 1 atom stereocenters. The molecule has 0 bridgehead atoms. The first-order chi connectivity index (χ1) is 13.8. The van der Waals surface area contributed by atoms with Crippen molar-refractivity contribution in [1.29, 1.82) is 0 Å². The van der Waals surface area contributed by atoms with Crippen molar-refractivity contribution in [1.82, 2.24) is 5.32 Å². The molecule has 3 rings (SSSR count). The van der Waals surface area contributed by atoms with Crippen LogP contribution in [0.25, 0.3) is 0 Å². The first kappa shape index (κ1) is 20.5. The van der Waals surface area contributed by atoms with Crippen LogP contribution in [0.2, 0.25) is 5.02 Å². The highest BCUT2D eigenvalue weighted by Crippen LogP contribution is 2.34. The highest BCUT2D eigenvalue weighted by atomic mass is 35.5. The third-order valence-electron chi connectivity index (χ3n) is 3.93. The van der Waals surface area contributed by atoms with Crippen LogP contribution < -0.4 is 10.6 Å². The molecule has 1 aromatic heterocycles. The monoisotopic (exact) mass is 422 g/mol. The van der Waals surface area contributed by atoms with Gasteiger partial charge in [-0.1, -0.05) is 41.9 Å². The lowest BCUT2D eigenvalue weighted by Gasteiger charge is -2.21. The minimum absolute atomic E-state index is 0.0453. The predicted octanol–water partition coefficient (Wildman–Crippen LogP) is 5.00. The Hall–Kier alpha value is -3.26. The molecule has 9 heteroatoms. The fourth-order valence-electron chi connectivity index (χ4n) is 2.51. The number of nitrogens with one attached hydrogen (secondary N) is 2. The molecular weight excluding hydrogens is 409 g/mol. The second-order valence-electron chi connectivity index (χ2n) is 5.95. The fourth-order valence-corrected chi connectivity index (χ4v) is 2.69. The van der Waals surface area contributed by atoms with Crippen LogP contribution in [0.15, 0.2) is 71.3 Å². The highest BCUT2D eigenvalue weighted by molar-refractivity contribution is 6.33. The van der Waals surface area contributed by atoms with Crippen LogP contribution in [0.1, 0.15) is 26.5 Å². The standard InChI is InChI=1S/C20H14ClF3N2O3/c21-14-9-8-13(20(22,23)24)11-15(14)25-18(17(27)12-5-2-1-3-6-12)26-19(28)16-7-4-10-29-16/h1-11,18,25H,(H,26,28)/t18-/m1/s1. The largest absolute Gasteiger partial charge is 0.459 e. The third kappa shape index (κ3) is 4.97. The molecule has 2 aromatic carbocycles. The van der Waals surface area contributed by atoms with E-state index in [2.05, 4.69) is 10.6 Å². The van der Waals surface area contributed by atoms with E-state index < -0.39 is 29.6 Å². The number of halogens is 4. The van der Waals surface area contributed by atoms with E-state index in [1.54, 1.807) is 18.2 Å². The SMILES string of the molecule is O=C(N[C@@H](Nc1cc(C(F)(F)F)ccc1Cl)C(=O)c1ccccc1)c1ccco1. The Labute approximate surface area is 168 Å². The highest BCUT2D eigenvalue weighted by Gasteiger charge is 2.32. The molecule has 0 radical (unpaired) electrons. The van der Waals surface area contributed by atoms with Gasteiger partial charge in [0.1, 0.15) is 0 Å². The second kappa shape index (κ2) is 8.40.